The maximum atomic E-state index is 14.5. The number of hydrogen-bond donors (Lipinski definition) is 1. The molecule has 0 radical (unpaired) electrons. The molecule has 8 atom stereocenters. The number of aliphatic hydroxyl groups excluding tert-OH is 1. The van der Waals surface area contributed by atoms with Gasteiger partial charge in [0.1, 0.15) is 17.6 Å². The standard InChI is InChI=1S/C28H46N2O6/c1-9-12-19(7)29(13-10-2)25(33)23-28-15-18(6)27(8,36-28)22(26(34)35-11-3)21(28)24(32)30(23)20(16-31)14-17(4)5/h10,17-23,31H,2,9,11-16H2,1,3-8H3/t18?,19?,20-,21+,22+,23?,27-,28?/m1/s1. The molecule has 2 amide bonds. The van der Waals surface area contributed by atoms with Crippen molar-refractivity contribution in [1.29, 1.82) is 0 Å². The average Bonchev–Trinajstić information content (AvgIpc) is 3.32. The van der Waals surface area contributed by atoms with Crippen LogP contribution in [0.1, 0.15) is 74.1 Å². The van der Waals surface area contributed by atoms with E-state index >= 15 is 0 Å². The molecule has 0 saturated carbocycles. The van der Waals surface area contributed by atoms with E-state index in [9.17, 15) is 19.5 Å². The predicted octanol–water partition coefficient (Wildman–Crippen LogP) is 3.17. The van der Waals surface area contributed by atoms with Crippen molar-refractivity contribution in [2.75, 3.05) is 19.8 Å². The van der Waals surface area contributed by atoms with Gasteiger partial charge in [-0.05, 0) is 51.9 Å². The first-order valence-corrected chi connectivity index (χ1v) is 13.7. The molecule has 3 aliphatic heterocycles. The first-order chi connectivity index (χ1) is 16.9. The topological polar surface area (TPSA) is 96.4 Å². The molecule has 0 aromatic heterocycles. The summed E-state index contributed by atoms with van der Waals surface area (Å²) in [5.41, 5.74) is -2.04. The molecule has 8 nitrogen and oxygen atoms in total. The number of rotatable bonds is 12. The van der Waals surface area contributed by atoms with Crippen LogP contribution in [0.15, 0.2) is 12.7 Å². The minimum Gasteiger partial charge on any atom is -0.466 e. The van der Waals surface area contributed by atoms with E-state index in [1.807, 2.05) is 34.6 Å². The molecular formula is C28H46N2O6. The van der Waals surface area contributed by atoms with E-state index in [0.29, 0.717) is 19.4 Å². The van der Waals surface area contributed by atoms with Crippen LogP contribution in [0.4, 0.5) is 0 Å². The quantitative estimate of drug-likeness (QED) is 0.323. The minimum absolute atomic E-state index is 0.0511. The number of aliphatic hydroxyl groups is 1. The van der Waals surface area contributed by atoms with Gasteiger partial charge in [-0.15, -0.1) is 6.58 Å². The Labute approximate surface area is 216 Å². The van der Waals surface area contributed by atoms with Crippen molar-refractivity contribution < 1.29 is 29.0 Å². The zero-order valence-electron chi connectivity index (χ0n) is 23.2. The number of amides is 2. The SMILES string of the molecule is C=CCN(C(=O)C1N([C@@H](CO)CC(C)C)C(=O)[C@@H]2[C@@H](C(=O)OCC)[C@]3(C)OC12CC3C)C(C)CCC. The molecule has 3 aliphatic rings. The number of carbonyl (C=O) groups is 3. The molecular weight excluding hydrogens is 460 g/mol. The molecule has 3 saturated heterocycles. The van der Waals surface area contributed by atoms with Crippen molar-refractivity contribution in [3.8, 4) is 0 Å². The van der Waals surface area contributed by atoms with E-state index in [0.717, 1.165) is 12.8 Å². The van der Waals surface area contributed by atoms with Gasteiger partial charge in [0, 0.05) is 12.6 Å². The molecule has 1 N–H and O–H groups in total. The molecule has 2 bridgehead atoms. The largest absolute Gasteiger partial charge is 0.466 e. The molecule has 3 heterocycles. The number of carbonyl (C=O) groups excluding carboxylic acids is 3. The smallest absolute Gasteiger partial charge is 0.312 e. The van der Waals surface area contributed by atoms with E-state index in [1.54, 1.807) is 22.8 Å². The van der Waals surface area contributed by atoms with Crippen LogP contribution in [0.3, 0.4) is 0 Å². The molecule has 0 aromatic rings. The van der Waals surface area contributed by atoms with E-state index in [2.05, 4.69) is 13.5 Å². The number of likely N-dealkylation sites (tertiary alicyclic amines) is 1. The van der Waals surface area contributed by atoms with Gasteiger partial charge in [0.25, 0.3) is 0 Å². The number of ether oxygens (including phenoxy) is 2. The summed E-state index contributed by atoms with van der Waals surface area (Å²) < 4.78 is 12.2. The van der Waals surface area contributed by atoms with Gasteiger partial charge in [-0.3, -0.25) is 14.4 Å². The van der Waals surface area contributed by atoms with Crippen molar-refractivity contribution in [2.24, 2.45) is 23.7 Å². The normalized spacial score (nSPS) is 34.6. The van der Waals surface area contributed by atoms with Crippen molar-refractivity contribution in [2.45, 2.75) is 103 Å². The van der Waals surface area contributed by atoms with Crippen LogP contribution in [0.2, 0.25) is 0 Å². The van der Waals surface area contributed by atoms with E-state index in [-0.39, 0.29) is 42.9 Å². The zero-order valence-corrected chi connectivity index (χ0v) is 23.2. The zero-order chi connectivity index (χ0) is 27.0. The summed E-state index contributed by atoms with van der Waals surface area (Å²) in [5, 5.41) is 10.4. The van der Waals surface area contributed by atoms with Gasteiger partial charge in [0.15, 0.2) is 0 Å². The van der Waals surface area contributed by atoms with Gasteiger partial charge < -0.3 is 24.4 Å². The third kappa shape index (κ3) is 4.38. The molecule has 3 rings (SSSR count). The van der Waals surface area contributed by atoms with E-state index in [1.165, 1.54) is 0 Å². The third-order valence-corrected chi connectivity index (χ3v) is 8.72. The maximum absolute atomic E-state index is 14.5. The molecule has 3 fully saturated rings. The van der Waals surface area contributed by atoms with Crippen LogP contribution in [-0.2, 0) is 23.9 Å². The highest BCUT2D eigenvalue weighted by molar-refractivity contribution is 5.99. The molecule has 4 unspecified atom stereocenters. The number of hydrogen-bond acceptors (Lipinski definition) is 6. The summed E-state index contributed by atoms with van der Waals surface area (Å²) in [6.45, 7) is 17.9. The molecule has 204 valence electrons. The van der Waals surface area contributed by atoms with Crippen LogP contribution < -0.4 is 0 Å². The summed E-state index contributed by atoms with van der Waals surface area (Å²) in [5.74, 6) is -2.41. The Morgan fingerprint density at radius 2 is 2.00 bits per heavy atom. The summed E-state index contributed by atoms with van der Waals surface area (Å²) in [4.78, 5) is 45.3. The lowest BCUT2D eigenvalue weighted by Gasteiger charge is -2.41. The first kappa shape index (κ1) is 28.6. The van der Waals surface area contributed by atoms with E-state index in [4.69, 9.17) is 9.47 Å². The summed E-state index contributed by atoms with van der Waals surface area (Å²) in [7, 11) is 0. The van der Waals surface area contributed by atoms with Crippen LogP contribution in [-0.4, -0.2) is 81.8 Å². The van der Waals surface area contributed by atoms with Crippen molar-refractivity contribution >= 4 is 17.8 Å². The Hall–Kier alpha value is -1.93. The summed E-state index contributed by atoms with van der Waals surface area (Å²) in [6.07, 6.45) is 4.46. The van der Waals surface area contributed by atoms with Crippen molar-refractivity contribution in [3.05, 3.63) is 12.7 Å². The maximum Gasteiger partial charge on any atom is 0.312 e. The van der Waals surface area contributed by atoms with Gasteiger partial charge >= 0.3 is 5.97 Å². The lowest BCUT2D eigenvalue weighted by atomic mass is 9.62. The average molecular weight is 507 g/mol. The Kier molecular flexibility index (Phi) is 8.61. The van der Waals surface area contributed by atoms with Crippen LogP contribution in [0.25, 0.3) is 0 Å². The van der Waals surface area contributed by atoms with Gasteiger partial charge in [0.2, 0.25) is 11.8 Å². The Morgan fingerprint density at radius 3 is 2.53 bits per heavy atom. The predicted molar refractivity (Wildman–Crippen MR) is 137 cm³/mol. The van der Waals surface area contributed by atoms with Crippen LogP contribution in [0.5, 0.6) is 0 Å². The molecule has 8 heteroatoms. The molecule has 36 heavy (non-hydrogen) atoms. The van der Waals surface area contributed by atoms with E-state index < -0.39 is 41.1 Å². The van der Waals surface area contributed by atoms with Crippen LogP contribution >= 0.6 is 0 Å². The third-order valence-electron chi connectivity index (χ3n) is 8.72. The molecule has 0 aliphatic carbocycles. The fourth-order valence-electron chi connectivity index (χ4n) is 7.12. The van der Waals surface area contributed by atoms with Crippen molar-refractivity contribution in [1.82, 2.24) is 9.80 Å². The highest BCUT2D eigenvalue weighted by Gasteiger charge is 2.80. The number of nitrogens with zero attached hydrogens (tertiary/aromatic N) is 2. The lowest BCUT2D eigenvalue weighted by Crippen LogP contribution is -2.60. The van der Waals surface area contributed by atoms with Crippen molar-refractivity contribution in [3.63, 3.8) is 0 Å². The highest BCUT2D eigenvalue weighted by Crippen LogP contribution is 2.65. The Morgan fingerprint density at radius 1 is 1.33 bits per heavy atom. The van der Waals surface area contributed by atoms with Gasteiger partial charge in [-0.25, -0.2) is 0 Å². The fourth-order valence-corrected chi connectivity index (χ4v) is 7.12. The van der Waals surface area contributed by atoms with Gasteiger partial charge in [-0.1, -0.05) is 40.2 Å². The number of fused-ring (bicyclic) bond motifs is 1. The second-order valence-corrected chi connectivity index (χ2v) is 11.6. The fraction of sp³-hybridized carbons (Fsp3) is 0.821. The highest BCUT2D eigenvalue weighted by atomic mass is 16.6. The van der Waals surface area contributed by atoms with Crippen LogP contribution in [0, 0.1) is 23.7 Å². The second-order valence-electron chi connectivity index (χ2n) is 11.6. The molecule has 1 spiro atoms. The monoisotopic (exact) mass is 506 g/mol. The summed E-state index contributed by atoms with van der Waals surface area (Å²) >= 11 is 0. The second kappa shape index (κ2) is 10.8. The lowest BCUT2D eigenvalue weighted by molar-refractivity contribution is -0.164. The minimum atomic E-state index is -1.14. The summed E-state index contributed by atoms with van der Waals surface area (Å²) in [6, 6.07) is -1.53. The Balaban J connectivity index is 2.18. The first-order valence-electron chi connectivity index (χ1n) is 13.7. The Bertz CT molecular complexity index is 861. The van der Waals surface area contributed by atoms with Gasteiger partial charge in [-0.2, -0.15) is 0 Å². The van der Waals surface area contributed by atoms with Gasteiger partial charge in [0.05, 0.1) is 30.8 Å². The number of esters is 1. The molecule has 0 aromatic carbocycles.